The zero-order valence-corrected chi connectivity index (χ0v) is 13.7. The molecule has 0 amide bonds. The molecule has 7 heteroatoms. The van der Waals surface area contributed by atoms with Gasteiger partial charge in [-0.1, -0.05) is 6.08 Å². The summed E-state index contributed by atoms with van der Waals surface area (Å²) in [6.45, 7) is 7.65. The lowest BCUT2D eigenvalue weighted by atomic mass is 9.77. The number of nitrogens with two attached hydrogens (primary N) is 1. The van der Waals surface area contributed by atoms with Crippen molar-refractivity contribution in [2.45, 2.75) is 38.9 Å². The lowest BCUT2D eigenvalue weighted by Crippen LogP contribution is -2.41. The van der Waals surface area contributed by atoms with Crippen LogP contribution >= 0.6 is 0 Å². The van der Waals surface area contributed by atoms with E-state index in [9.17, 15) is 5.11 Å². The second-order valence-electron chi connectivity index (χ2n) is 6.33. The van der Waals surface area contributed by atoms with Gasteiger partial charge >= 0.3 is 7.12 Å². The van der Waals surface area contributed by atoms with Gasteiger partial charge in [-0.05, 0) is 39.2 Å². The molecule has 1 aromatic heterocycles. The van der Waals surface area contributed by atoms with Crippen LogP contribution in [0, 0.1) is 0 Å². The van der Waals surface area contributed by atoms with Crippen LogP contribution in [0.4, 0.5) is 5.69 Å². The molecule has 120 valence electrons. The molecular weight excluding hydrogens is 283 g/mol. The highest BCUT2D eigenvalue weighted by Crippen LogP contribution is 2.39. The van der Waals surface area contributed by atoms with E-state index in [1.807, 2.05) is 27.7 Å². The SMILES string of the molecule is COc1ncc(N)cc1C=C(CO)B1OC(C)(C)C(C)(C)O1. The number of nitrogen functional groups attached to an aromatic ring is 1. The molecule has 0 radical (unpaired) electrons. The summed E-state index contributed by atoms with van der Waals surface area (Å²) in [7, 11) is 0.907. The number of hydrogen-bond donors (Lipinski definition) is 2. The molecule has 2 heterocycles. The molecule has 0 aromatic carbocycles. The molecule has 0 aliphatic carbocycles. The Balaban J connectivity index is 2.35. The van der Waals surface area contributed by atoms with Gasteiger partial charge in [0.1, 0.15) is 0 Å². The van der Waals surface area contributed by atoms with Crippen LogP contribution in [0.2, 0.25) is 0 Å². The van der Waals surface area contributed by atoms with E-state index < -0.39 is 18.3 Å². The van der Waals surface area contributed by atoms with Crippen molar-refractivity contribution in [3.8, 4) is 5.88 Å². The fraction of sp³-hybridized carbons (Fsp3) is 0.533. The smallest absolute Gasteiger partial charge is 0.481 e. The molecule has 6 nitrogen and oxygen atoms in total. The van der Waals surface area contributed by atoms with E-state index in [1.165, 1.54) is 13.3 Å². The van der Waals surface area contributed by atoms with Gasteiger partial charge < -0.3 is 24.9 Å². The van der Waals surface area contributed by atoms with Crippen molar-refractivity contribution in [1.29, 1.82) is 0 Å². The van der Waals surface area contributed by atoms with Crippen LogP contribution < -0.4 is 10.5 Å². The third-order valence-corrected chi connectivity index (χ3v) is 4.17. The van der Waals surface area contributed by atoms with E-state index in [0.717, 1.165) is 0 Å². The molecule has 1 saturated heterocycles. The largest absolute Gasteiger partial charge is 0.492 e. The van der Waals surface area contributed by atoms with Gasteiger partial charge in [-0.15, -0.1) is 0 Å². The summed E-state index contributed by atoms with van der Waals surface area (Å²) in [5, 5.41) is 9.70. The van der Waals surface area contributed by atoms with Gasteiger partial charge in [-0.3, -0.25) is 0 Å². The van der Waals surface area contributed by atoms with Gasteiger partial charge in [0.15, 0.2) is 0 Å². The molecule has 0 atom stereocenters. The number of nitrogens with zero attached hydrogens (tertiary/aromatic N) is 1. The Labute approximate surface area is 131 Å². The van der Waals surface area contributed by atoms with E-state index in [0.29, 0.717) is 22.6 Å². The van der Waals surface area contributed by atoms with Crippen molar-refractivity contribution in [3.05, 3.63) is 23.3 Å². The van der Waals surface area contributed by atoms with Gasteiger partial charge in [0.2, 0.25) is 5.88 Å². The van der Waals surface area contributed by atoms with E-state index in [4.69, 9.17) is 19.8 Å². The van der Waals surface area contributed by atoms with Crippen molar-refractivity contribution in [3.63, 3.8) is 0 Å². The molecule has 0 unspecified atom stereocenters. The summed E-state index contributed by atoms with van der Waals surface area (Å²) in [6, 6.07) is 1.73. The second-order valence-corrected chi connectivity index (χ2v) is 6.33. The van der Waals surface area contributed by atoms with Gasteiger partial charge in [-0.2, -0.15) is 0 Å². The first kappa shape index (κ1) is 16.8. The summed E-state index contributed by atoms with van der Waals surface area (Å²) in [5.41, 5.74) is 6.60. The maximum atomic E-state index is 9.70. The number of ether oxygens (including phenoxy) is 1. The van der Waals surface area contributed by atoms with E-state index in [1.54, 1.807) is 12.1 Å². The van der Waals surface area contributed by atoms with Crippen LogP contribution in [0.25, 0.3) is 6.08 Å². The summed E-state index contributed by atoms with van der Waals surface area (Å²) < 4.78 is 17.1. The third-order valence-electron chi connectivity index (χ3n) is 4.17. The highest BCUT2D eigenvalue weighted by Gasteiger charge is 2.52. The van der Waals surface area contributed by atoms with Crippen LogP contribution in [0.15, 0.2) is 17.7 Å². The number of rotatable bonds is 4. The third kappa shape index (κ3) is 3.11. The average Bonchev–Trinajstić information content (AvgIpc) is 2.64. The first-order valence-electron chi connectivity index (χ1n) is 7.16. The van der Waals surface area contributed by atoms with E-state index in [2.05, 4.69) is 4.98 Å². The fourth-order valence-corrected chi connectivity index (χ4v) is 2.14. The molecule has 0 bridgehead atoms. The Hall–Kier alpha value is -1.57. The van der Waals surface area contributed by atoms with Crippen molar-refractivity contribution < 1.29 is 19.2 Å². The van der Waals surface area contributed by atoms with E-state index in [-0.39, 0.29) is 6.61 Å². The molecular formula is C15H23BN2O4. The van der Waals surface area contributed by atoms with Crippen LogP contribution in [-0.4, -0.2) is 42.1 Å². The van der Waals surface area contributed by atoms with Gasteiger partial charge in [-0.25, -0.2) is 4.98 Å². The number of pyridine rings is 1. The Bertz CT molecular complexity index is 571. The summed E-state index contributed by atoms with van der Waals surface area (Å²) >= 11 is 0. The summed E-state index contributed by atoms with van der Waals surface area (Å²) in [6.07, 6.45) is 3.26. The molecule has 0 spiro atoms. The minimum atomic E-state index is -0.624. The summed E-state index contributed by atoms with van der Waals surface area (Å²) in [4.78, 5) is 4.11. The van der Waals surface area contributed by atoms with Crippen LogP contribution in [0.5, 0.6) is 5.88 Å². The monoisotopic (exact) mass is 306 g/mol. The van der Waals surface area contributed by atoms with Gasteiger partial charge in [0.25, 0.3) is 0 Å². The van der Waals surface area contributed by atoms with Gasteiger partial charge in [0, 0.05) is 5.56 Å². The molecule has 22 heavy (non-hydrogen) atoms. The van der Waals surface area contributed by atoms with Crippen molar-refractivity contribution in [2.24, 2.45) is 0 Å². The number of anilines is 1. The minimum absolute atomic E-state index is 0.200. The Morgan fingerprint density at radius 3 is 2.45 bits per heavy atom. The predicted octanol–water partition coefficient (Wildman–Crippen LogP) is 1.68. The normalized spacial score (nSPS) is 20.3. The Kier molecular flexibility index (Phi) is 4.51. The maximum Gasteiger partial charge on any atom is 0.492 e. The topological polar surface area (TPSA) is 86.8 Å². The number of hydrogen-bond acceptors (Lipinski definition) is 6. The molecule has 1 aliphatic heterocycles. The molecule has 1 aliphatic rings. The fourth-order valence-electron chi connectivity index (χ4n) is 2.14. The molecule has 0 saturated carbocycles. The molecule has 1 fully saturated rings. The Morgan fingerprint density at radius 1 is 1.36 bits per heavy atom. The number of methoxy groups -OCH3 is 1. The standard InChI is InChI=1S/C15H23BN2O4/c1-14(2)15(3,4)22-16(21-14)11(9-19)6-10-7-12(17)8-18-13(10)20-5/h6-8,19H,9,17H2,1-5H3. The quantitative estimate of drug-likeness (QED) is 0.823. The van der Waals surface area contributed by atoms with E-state index >= 15 is 0 Å². The lowest BCUT2D eigenvalue weighted by molar-refractivity contribution is 0.00578. The van der Waals surface area contributed by atoms with Crippen LogP contribution in [-0.2, 0) is 9.31 Å². The highest BCUT2D eigenvalue weighted by molar-refractivity contribution is 6.55. The van der Waals surface area contributed by atoms with Crippen LogP contribution in [0.1, 0.15) is 33.3 Å². The maximum absolute atomic E-state index is 9.70. The van der Waals surface area contributed by atoms with Crippen molar-refractivity contribution in [2.75, 3.05) is 19.5 Å². The zero-order chi connectivity index (χ0) is 16.5. The average molecular weight is 306 g/mol. The molecule has 2 rings (SSSR count). The highest BCUT2D eigenvalue weighted by atomic mass is 16.7. The van der Waals surface area contributed by atoms with Crippen LogP contribution in [0.3, 0.4) is 0 Å². The molecule has 3 N–H and O–H groups in total. The second kappa shape index (κ2) is 5.91. The molecule has 1 aromatic rings. The zero-order valence-electron chi connectivity index (χ0n) is 13.7. The van der Waals surface area contributed by atoms with Crippen molar-refractivity contribution >= 4 is 18.9 Å². The van der Waals surface area contributed by atoms with Crippen molar-refractivity contribution in [1.82, 2.24) is 4.98 Å². The Morgan fingerprint density at radius 2 is 1.95 bits per heavy atom. The number of aliphatic hydroxyl groups is 1. The number of aromatic nitrogens is 1. The van der Waals surface area contributed by atoms with Gasteiger partial charge in [0.05, 0.1) is 36.8 Å². The minimum Gasteiger partial charge on any atom is -0.481 e. The first-order valence-corrected chi connectivity index (χ1v) is 7.16. The predicted molar refractivity (Wildman–Crippen MR) is 86.3 cm³/mol. The first-order chi connectivity index (χ1) is 10.2. The number of aliphatic hydroxyl groups excluding tert-OH is 1. The summed E-state index contributed by atoms with van der Waals surface area (Å²) in [5.74, 6) is 0.427. The lowest BCUT2D eigenvalue weighted by Gasteiger charge is -2.32.